The Hall–Kier alpha value is -3.12. The summed E-state index contributed by atoms with van der Waals surface area (Å²) >= 11 is 0. The van der Waals surface area contributed by atoms with Crippen LogP contribution in [-0.2, 0) is 13.0 Å². The first-order valence-electron chi connectivity index (χ1n) is 12.6. The van der Waals surface area contributed by atoms with Crippen LogP contribution in [0.3, 0.4) is 0 Å². The first kappa shape index (κ1) is 23.6. The molecule has 1 aliphatic carbocycles. The van der Waals surface area contributed by atoms with Gasteiger partial charge in [-0.1, -0.05) is 36.4 Å². The van der Waals surface area contributed by atoms with Crippen molar-refractivity contribution in [3.05, 3.63) is 89.6 Å². The number of halogens is 1. The average molecular weight is 477 g/mol. The van der Waals surface area contributed by atoms with Crippen molar-refractivity contribution in [2.45, 2.75) is 50.7 Å². The second-order valence-electron chi connectivity index (χ2n) is 9.76. The van der Waals surface area contributed by atoms with Crippen LogP contribution in [0.25, 0.3) is 0 Å². The molecule has 1 aliphatic heterocycles. The van der Waals surface area contributed by atoms with Crippen LogP contribution in [0.1, 0.15) is 47.4 Å². The number of piperidine rings is 1. The summed E-state index contributed by atoms with van der Waals surface area (Å²) in [5, 5.41) is 0. The minimum absolute atomic E-state index is 0.0132. The number of furan rings is 1. The molecule has 0 spiro atoms. The van der Waals surface area contributed by atoms with E-state index in [9.17, 15) is 9.18 Å². The van der Waals surface area contributed by atoms with Gasteiger partial charge in [0.1, 0.15) is 0 Å². The lowest BCUT2D eigenvalue weighted by Gasteiger charge is -2.41. The maximum Gasteiger partial charge on any atom is 0.290 e. The van der Waals surface area contributed by atoms with Crippen molar-refractivity contribution in [2.75, 3.05) is 20.2 Å². The monoisotopic (exact) mass is 476 g/mol. The fraction of sp³-hybridized carbons (Fsp3) is 0.414. The van der Waals surface area contributed by atoms with Crippen molar-refractivity contribution in [2.24, 2.45) is 5.92 Å². The molecular weight excluding hydrogens is 443 g/mol. The number of carbonyl (C=O) groups is 1. The molecule has 6 heteroatoms. The predicted molar refractivity (Wildman–Crippen MR) is 133 cm³/mol. The van der Waals surface area contributed by atoms with Crippen molar-refractivity contribution >= 4 is 5.91 Å². The van der Waals surface area contributed by atoms with Gasteiger partial charge in [0.15, 0.2) is 17.3 Å². The Morgan fingerprint density at radius 2 is 1.83 bits per heavy atom. The largest absolute Gasteiger partial charge is 0.494 e. The second-order valence-corrected chi connectivity index (χ2v) is 9.76. The van der Waals surface area contributed by atoms with E-state index in [1.54, 1.807) is 24.5 Å². The van der Waals surface area contributed by atoms with E-state index in [-0.39, 0.29) is 23.5 Å². The second kappa shape index (κ2) is 10.6. The molecule has 0 bridgehead atoms. The number of nitrogens with zero attached hydrogens (tertiary/aromatic N) is 2. The highest BCUT2D eigenvalue weighted by Gasteiger charge is 2.42. The van der Waals surface area contributed by atoms with E-state index < -0.39 is 0 Å². The zero-order valence-corrected chi connectivity index (χ0v) is 20.2. The maximum atomic E-state index is 13.8. The number of rotatable bonds is 9. The zero-order valence-electron chi connectivity index (χ0n) is 20.2. The number of benzene rings is 2. The highest BCUT2D eigenvalue weighted by Crippen LogP contribution is 2.36. The molecule has 2 heterocycles. The molecule has 1 saturated carbocycles. The predicted octanol–water partition coefficient (Wildman–Crippen LogP) is 5.56. The molecule has 0 N–H and O–H groups in total. The number of amides is 1. The van der Waals surface area contributed by atoms with Gasteiger partial charge < -0.3 is 14.1 Å². The smallest absolute Gasteiger partial charge is 0.290 e. The van der Waals surface area contributed by atoms with Crippen LogP contribution in [0, 0.1) is 11.7 Å². The van der Waals surface area contributed by atoms with Gasteiger partial charge >= 0.3 is 0 Å². The minimum Gasteiger partial charge on any atom is -0.494 e. The Kier molecular flexibility index (Phi) is 7.19. The molecule has 184 valence electrons. The molecule has 1 aromatic heterocycles. The lowest BCUT2D eigenvalue weighted by molar-refractivity contribution is 0.0454. The summed E-state index contributed by atoms with van der Waals surface area (Å²) in [7, 11) is 1.50. The molecule has 0 radical (unpaired) electrons. The van der Waals surface area contributed by atoms with E-state index in [0.29, 0.717) is 17.7 Å². The van der Waals surface area contributed by atoms with Gasteiger partial charge in [0.05, 0.1) is 13.4 Å². The third kappa shape index (κ3) is 5.59. The molecule has 2 aliphatic rings. The maximum absolute atomic E-state index is 13.8. The third-order valence-electron chi connectivity index (χ3n) is 7.35. The van der Waals surface area contributed by atoms with Crippen molar-refractivity contribution in [3.8, 4) is 5.75 Å². The number of hydrogen-bond acceptors (Lipinski definition) is 4. The molecule has 1 amide bonds. The molecule has 1 saturated heterocycles. The molecular formula is C29H33FN2O3. The van der Waals surface area contributed by atoms with Gasteiger partial charge in [0.2, 0.25) is 0 Å². The fourth-order valence-corrected chi connectivity index (χ4v) is 5.37. The molecule has 2 aromatic carbocycles. The molecule has 5 rings (SSSR count). The van der Waals surface area contributed by atoms with Gasteiger partial charge in [-0.05, 0) is 86.5 Å². The van der Waals surface area contributed by atoms with E-state index in [0.717, 1.165) is 57.3 Å². The summed E-state index contributed by atoms with van der Waals surface area (Å²) in [6.07, 6.45) is 6.58. The van der Waals surface area contributed by atoms with Crippen molar-refractivity contribution in [3.63, 3.8) is 0 Å². The summed E-state index contributed by atoms with van der Waals surface area (Å²) in [6.45, 7) is 2.66. The Labute approximate surface area is 206 Å². The molecule has 3 aromatic rings. The summed E-state index contributed by atoms with van der Waals surface area (Å²) in [6, 6.07) is 19.6. The number of carbonyl (C=O) groups excluding carboxylic acids is 1. The normalized spacial score (nSPS) is 17.8. The fourth-order valence-electron chi connectivity index (χ4n) is 5.37. The van der Waals surface area contributed by atoms with Crippen LogP contribution in [0.4, 0.5) is 4.39 Å². The number of ether oxygens (including phenoxy) is 1. The topological polar surface area (TPSA) is 45.9 Å². The van der Waals surface area contributed by atoms with Crippen molar-refractivity contribution in [1.82, 2.24) is 9.80 Å². The number of likely N-dealkylation sites (tertiary alicyclic amines) is 1. The van der Waals surface area contributed by atoms with E-state index in [1.165, 1.54) is 18.7 Å². The van der Waals surface area contributed by atoms with Crippen LogP contribution in [-0.4, -0.2) is 48.0 Å². The van der Waals surface area contributed by atoms with Crippen molar-refractivity contribution < 1.29 is 18.3 Å². The van der Waals surface area contributed by atoms with E-state index in [2.05, 4.69) is 34.1 Å². The van der Waals surface area contributed by atoms with E-state index in [4.69, 9.17) is 9.15 Å². The standard InChI is InChI=1S/C29H33FN2O3/c1-34-28-19-22(9-12-25(28)30)20-31-15-13-23(14-16-31)26(18-21-6-3-2-4-7-21)32(24-10-11-24)29(33)27-8-5-17-35-27/h2-9,12,17,19,23-24,26H,10-11,13-16,18,20H2,1H3/t26-/m1/s1. The Morgan fingerprint density at radius 1 is 1.06 bits per heavy atom. The van der Waals surface area contributed by atoms with Crippen LogP contribution in [0.2, 0.25) is 0 Å². The van der Waals surface area contributed by atoms with Crippen LogP contribution < -0.4 is 4.74 Å². The van der Waals surface area contributed by atoms with Gasteiger partial charge in [0, 0.05) is 18.6 Å². The Balaban J connectivity index is 1.31. The molecule has 0 unspecified atom stereocenters. The first-order valence-corrected chi connectivity index (χ1v) is 12.6. The lowest BCUT2D eigenvalue weighted by Crippen LogP contribution is -2.50. The van der Waals surface area contributed by atoms with Crippen LogP contribution in [0.15, 0.2) is 71.3 Å². The quantitative estimate of drug-likeness (QED) is 0.406. The van der Waals surface area contributed by atoms with Gasteiger partial charge in [0.25, 0.3) is 5.91 Å². The van der Waals surface area contributed by atoms with Gasteiger partial charge in [-0.2, -0.15) is 0 Å². The van der Waals surface area contributed by atoms with Crippen LogP contribution in [0.5, 0.6) is 5.75 Å². The summed E-state index contributed by atoms with van der Waals surface area (Å²) in [5.74, 6) is 0.808. The van der Waals surface area contributed by atoms with Gasteiger partial charge in [-0.3, -0.25) is 9.69 Å². The highest BCUT2D eigenvalue weighted by molar-refractivity contribution is 5.92. The van der Waals surface area contributed by atoms with Gasteiger partial charge in [-0.25, -0.2) is 4.39 Å². The highest BCUT2D eigenvalue weighted by atomic mass is 19.1. The number of methoxy groups -OCH3 is 1. The van der Waals surface area contributed by atoms with Crippen LogP contribution >= 0.6 is 0 Å². The summed E-state index contributed by atoms with van der Waals surface area (Å²) in [4.78, 5) is 18.1. The molecule has 2 fully saturated rings. The lowest BCUT2D eigenvalue weighted by atomic mass is 9.84. The summed E-state index contributed by atoms with van der Waals surface area (Å²) < 4.78 is 24.5. The Morgan fingerprint density at radius 3 is 2.49 bits per heavy atom. The third-order valence-corrected chi connectivity index (χ3v) is 7.35. The SMILES string of the molecule is COc1cc(CN2CCC([C@@H](Cc3ccccc3)N(C(=O)c3ccco3)C3CC3)CC2)ccc1F. The van der Waals surface area contributed by atoms with Gasteiger partial charge in [-0.15, -0.1) is 0 Å². The van der Waals surface area contributed by atoms with E-state index in [1.807, 2.05) is 12.1 Å². The molecule has 5 nitrogen and oxygen atoms in total. The number of hydrogen-bond donors (Lipinski definition) is 0. The van der Waals surface area contributed by atoms with Crippen molar-refractivity contribution in [1.29, 1.82) is 0 Å². The minimum atomic E-state index is -0.333. The average Bonchev–Trinajstić information content (AvgIpc) is 3.56. The van der Waals surface area contributed by atoms with E-state index >= 15 is 0 Å². The Bertz CT molecular complexity index is 1110. The summed E-state index contributed by atoms with van der Waals surface area (Å²) in [5.41, 5.74) is 2.31. The zero-order chi connectivity index (χ0) is 24.2. The first-order chi connectivity index (χ1) is 17.1. The molecule has 1 atom stereocenters. The molecule has 35 heavy (non-hydrogen) atoms.